The lowest BCUT2D eigenvalue weighted by Gasteiger charge is -2.04. The number of hydrogen-bond acceptors (Lipinski definition) is 3. The summed E-state index contributed by atoms with van der Waals surface area (Å²) in [6.45, 7) is 0.147. The number of allylic oxidation sites excluding steroid dienone is 1. The molecule has 104 valence electrons. The molecule has 2 aromatic rings. The Hall–Kier alpha value is -2.51. The Bertz CT molecular complexity index is 780. The van der Waals surface area contributed by atoms with E-state index >= 15 is 0 Å². The molecule has 2 aromatic carbocycles. The van der Waals surface area contributed by atoms with Crippen molar-refractivity contribution in [3.63, 3.8) is 0 Å². The maximum Gasteiger partial charge on any atom is 0.231 e. The number of rotatable bonds is 2. The fraction of sp³-hybridized carbons (Fsp3) is 0.0625. The van der Waals surface area contributed by atoms with Crippen molar-refractivity contribution in [1.29, 1.82) is 5.26 Å². The van der Waals surface area contributed by atoms with Gasteiger partial charge in [-0.05, 0) is 35.4 Å². The molecule has 3 rings (SSSR count). The number of ether oxygens (including phenoxy) is 2. The van der Waals surface area contributed by atoms with Crippen LogP contribution in [0.15, 0.2) is 36.4 Å². The summed E-state index contributed by atoms with van der Waals surface area (Å²) in [6, 6.07) is 11.2. The van der Waals surface area contributed by atoms with E-state index in [1.807, 2.05) is 0 Å². The van der Waals surface area contributed by atoms with Crippen LogP contribution in [0.1, 0.15) is 11.1 Å². The lowest BCUT2D eigenvalue weighted by Crippen LogP contribution is -1.92. The van der Waals surface area contributed by atoms with Crippen LogP contribution in [0, 0.1) is 17.1 Å². The lowest BCUT2D eigenvalue weighted by molar-refractivity contribution is 0.174. The zero-order valence-corrected chi connectivity index (χ0v) is 11.5. The van der Waals surface area contributed by atoms with Crippen LogP contribution < -0.4 is 9.47 Å². The second-order valence-corrected chi connectivity index (χ2v) is 4.81. The van der Waals surface area contributed by atoms with E-state index in [0.717, 1.165) is 0 Å². The molecule has 0 atom stereocenters. The largest absolute Gasteiger partial charge is 0.454 e. The summed E-state index contributed by atoms with van der Waals surface area (Å²) in [5, 5.41) is 9.71. The van der Waals surface area contributed by atoms with Gasteiger partial charge in [-0.2, -0.15) is 5.26 Å². The highest BCUT2D eigenvalue weighted by atomic mass is 35.5. The predicted octanol–water partition coefficient (Wildman–Crippen LogP) is 4.27. The molecule has 0 radical (unpaired) electrons. The second-order valence-electron chi connectivity index (χ2n) is 4.41. The summed E-state index contributed by atoms with van der Waals surface area (Å²) >= 11 is 6.16. The molecule has 0 saturated heterocycles. The lowest BCUT2D eigenvalue weighted by atomic mass is 10.0. The van der Waals surface area contributed by atoms with Gasteiger partial charge in [0.15, 0.2) is 11.5 Å². The van der Waals surface area contributed by atoms with Crippen molar-refractivity contribution < 1.29 is 13.9 Å². The number of halogens is 2. The van der Waals surface area contributed by atoms with Gasteiger partial charge >= 0.3 is 0 Å². The highest BCUT2D eigenvalue weighted by molar-refractivity contribution is 6.32. The van der Waals surface area contributed by atoms with Gasteiger partial charge < -0.3 is 9.47 Å². The summed E-state index contributed by atoms with van der Waals surface area (Å²) in [5.41, 5.74) is 1.42. The number of nitrogens with zero attached hydrogens (tertiary/aromatic N) is 1. The number of hydrogen-bond donors (Lipinski definition) is 0. The van der Waals surface area contributed by atoms with Crippen molar-refractivity contribution in [2.75, 3.05) is 6.79 Å². The topological polar surface area (TPSA) is 42.2 Å². The Kier molecular flexibility index (Phi) is 3.51. The summed E-state index contributed by atoms with van der Waals surface area (Å²) in [7, 11) is 0. The molecule has 1 aliphatic rings. The second kappa shape index (κ2) is 5.47. The summed E-state index contributed by atoms with van der Waals surface area (Å²) in [6.07, 6.45) is 1.60. The van der Waals surface area contributed by atoms with Gasteiger partial charge in [-0.25, -0.2) is 4.39 Å². The molecule has 0 saturated carbocycles. The van der Waals surface area contributed by atoms with Crippen molar-refractivity contribution >= 4 is 23.3 Å². The van der Waals surface area contributed by atoms with Crippen LogP contribution in [0.2, 0.25) is 5.02 Å². The standard InChI is InChI=1S/C16H9ClFNO2/c17-14-7-16-15(20-9-21-16)6-11(14)4-12(8-19)10-2-1-3-13(18)5-10/h1-7H,9H2. The van der Waals surface area contributed by atoms with Gasteiger partial charge in [0, 0.05) is 6.07 Å². The quantitative estimate of drug-likeness (QED) is 0.614. The highest BCUT2D eigenvalue weighted by Gasteiger charge is 2.16. The van der Waals surface area contributed by atoms with E-state index in [0.29, 0.717) is 33.2 Å². The molecule has 1 heterocycles. The highest BCUT2D eigenvalue weighted by Crippen LogP contribution is 2.38. The Balaban J connectivity index is 2.06. The van der Waals surface area contributed by atoms with Crippen LogP contribution in [0.25, 0.3) is 11.6 Å². The van der Waals surface area contributed by atoms with Crippen molar-refractivity contribution in [1.82, 2.24) is 0 Å². The van der Waals surface area contributed by atoms with Gasteiger partial charge in [0.05, 0.1) is 16.7 Å². The summed E-state index contributed by atoms with van der Waals surface area (Å²) in [4.78, 5) is 0. The zero-order valence-electron chi connectivity index (χ0n) is 10.8. The Morgan fingerprint density at radius 2 is 2.00 bits per heavy atom. The zero-order chi connectivity index (χ0) is 14.8. The van der Waals surface area contributed by atoms with E-state index in [4.69, 9.17) is 21.1 Å². The fourth-order valence-corrected chi connectivity index (χ4v) is 2.24. The average Bonchev–Trinajstić information content (AvgIpc) is 2.91. The van der Waals surface area contributed by atoms with Crippen LogP contribution in [-0.4, -0.2) is 6.79 Å². The van der Waals surface area contributed by atoms with E-state index in [-0.39, 0.29) is 6.79 Å². The Morgan fingerprint density at radius 3 is 2.71 bits per heavy atom. The first-order valence-electron chi connectivity index (χ1n) is 6.14. The van der Waals surface area contributed by atoms with E-state index in [2.05, 4.69) is 6.07 Å². The number of fused-ring (bicyclic) bond motifs is 1. The van der Waals surface area contributed by atoms with Crippen molar-refractivity contribution in [3.05, 3.63) is 58.4 Å². The molecule has 0 spiro atoms. The predicted molar refractivity (Wildman–Crippen MR) is 77.5 cm³/mol. The third-order valence-electron chi connectivity index (χ3n) is 3.05. The van der Waals surface area contributed by atoms with Crippen LogP contribution in [-0.2, 0) is 0 Å². The molecule has 0 aromatic heterocycles. The molecule has 5 heteroatoms. The van der Waals surface area contributed by atoms with Crippen molar-refractivity contribution in [2.24, 2.45) is 0 Å². The molecule has 21 heavy (non-hydrogen) atoms. The first kappa shape index (κ1) is 13.5. The third kappa shape index (κ3) is 2.69. The average molecular weight is 302 g/mol. The molecule has 0 amide bonds. The summed E-state index contributed by atoms with van der Waals surface area (Å²) in [5.74, 6) is 0.744. The van der Waals surface area contributed by atoms with Gasteiger partial charge in [0.1, 0.15) is 5.82 Å². The van der Waals surface area contributed by atoms with E-state index in [1.165, 1.54) is 12.1 Å². The van der Waals surface area contributed by atoms with Gasteiger partial charge in [0.25, 0.3) is 0 Å². The minimum Gasteiger partial charge on any atom is -0.454 e. The van der Waals surface area contributed by atoms with Crippen molar-refractivity contribution in [2.45, 2.75) is 0 Å². The molecular weight excluding hydrogens is 293 g/mol. The van der Waals surface area contributed by atoms with E-state index < -0.39 is 5.82 Å². The van der Waals surface area contributed by atoms with Gasteiger partial charge in [-0.3, -0.25) is 0 Å². The van der Waals surface area contributed by atoms with Crippen LogP contribution in [0.5, 0.6) is 11.5 Å². The SMILES string of the molecule is N#CC(=Cc1cc2c(cc1Cl)OCO2)c1cccc(F)c1. The molecular formula is C16H9ClFNO2. The van der Waals surface area contributed by atoms with Crippen LogP contribution >= 0.6 is 11.6 Å². The Morgan fingerprint density at radius 1 is 1.24 bits per heavy atom. The Labute approximate surface area is 125 Å². The van der Waals surface area contributed by atoms with Gasteiger partial charge in [-0.1, -0.05) is 23.7 Å². The fourth-order valence-electron chi connectivity index (χ4n) is 2.04. The van der Waals surface area contributed by atoms with Crippen LogP contribution in [0.4, 0.5) is 4.39 Å². The minimum absolute atomic E-state index is 0.147. The van der Waals surface area contributed by atoms with Gasteiger partial charge in [-0.15, -0.1) is 0 Å². The molecule has 0 fully saturated rings. The normalized spacial score (nSPS) is 13.1. The first-order valence-corrected chi connectivity index (χ1v) is 6.52. The molecule has 0 aliphatic carbocycles. The number of benzene rings is 2. The third-order valence-corrected chi connectivity index (χ3v) is 3.38. The van der Waals surface area contributed by atoms with Gasteiger partial charge in [0.2, 0.25) is 6.79 Å². The molecule has 0 bridgehead atoms. The number of nitriles is 1. The van der Waals surface area contributed by atoms with E-state index in [1.54, 1.807) is 30.3 Å². The molecule has 1 aliphatic heterocycles. The maximum absolute atomic E-state index is 13.3. The maximum atomic E-state index is 13.3. The summed E-state index contributed by atoms with van der Waals surface area (Å²) < 4.78 is 23.8. The smallest absolute Gasteiger partial charge is 0.231 e. The monoisotopic (exact) mass is 301 g/mol. The van der Waals surface area contributed by atoms with E-state index in [9.17, 15) is 9.65 Å². The molecule has 0 unspecified atom stereocenters. The van der Waals surface area contributed by atoms with Crippen molar-refractivity contribution in [3.8, 4) is 17.6 Å². The molecule has 3 nitrogen and oxygen atoms in total. The minimum atomic E-state index is -0.398. The molecule has 0 N–H and O–H groups in total. The van der Waals surface area contributed by atoms with Crippen LogP contribution in [0.3, 0.4) is 0 Å². The first-order chi connectivity index (χ1) is 10.2.